The molecule has 0 aromatic carbocycles. The maximum atomic E-state index is 11.3. The van der Waals surface area contributed by atoms with E-state index in [1.807, 2.05) is 0 Å². The van der Waals surface area contributed by atoms with Gasteiger partial charge in [0, 0.05) is 6.54 Å². The number of hydrogen-bond acceptors (Lipinski definition) is 2. The van der Waals surface area contributed by atoms with E-state index in [2.05, 4.69) is 38.3 Å². The second-order valence-electron chi connectivity index (χ2n) is 4.54. The summed E-state index contributed by atoms with van der Waals surface area (Å²) in [7, 11) is 0. The predicted octanol–water partition coefficient (Wildman–Crippen LogP) is 1.98. The van der Waals surface area contributed by atoms with Crippen molar-refractivity contribution < 1.29 is 9.59 Å². The van der Waals surface area contributed by atoms with Crippen LogP contribution in [0.2, 0.25) is 0 Å². The van der Waals surface area contributed by atoms with Crippen molar-refractivity contribution in [3.63, 3.8) is 0 Å². The summed E-state index contributed by atoms with van der Waals surface area (Å²) >= 11 is 5.27. The van der Waals surface area contributed by atoms with Gasteiger partial charge >= 0.3 is 6.03 Å². The Bertz CT molecular complexity index is 234. The van der Waals surface area contributed by atoms with E-state index >= 15 is 0 Å². The van der Waals surface area contributed by atoms with Crippen molar-refractivity contribution in [3.05, 3.63) is 0 Å². The van der Waals surface area contributed by atoms with Crippen molar-refractivity contribution in [2.75, 3.05) is 12.4 Å². The summed E-state index contributed by atoms with van der Waals surface area (Å²) in [5.74, 6) is 0.695. The highest BCUT2D eigenvalue weighted by atomic mass is 35.5. The number of nitrogens with one attached hydrogen (secondary N) is 2. The zero-order valence-corrected chi connectivity index (χ0v) is 11.1. The summed E-state index contributed by atoms with van der Waals surface area (Å²) in [6.07, 6.45) is 0. The molecule has 0 spiro atoms. The highest BCUT2D eigenvalue weighted by molar-refractivity contribution is 6.28. The Hall–Kier alpha value is -0.770. The van der Waals surface area contributed by atoms with Gasteiger partial charge < -0.3 is 5.32 Å². The SMILES string of the molecule is CC(C)C(CNC(=O)NC(=O)CCl)C(C)C. The minimum absolute atomic E-state index is 0.203. The van der Waals surface area contributed by atoms with E-state index in [4.69, 9.17) is 11.6 Å². The molecular weight excluding hydrogens is 228 g/mol. The molecule has 16 heavy (non-hydrogen) atoms. The van der Waals surface area contributed by atoms with E-state index in [9.17, 15) is 9.59 Å². The van der Waals surface area contributed by atoms with Gasteiger partial charge in [0.05, 0.1) is 0 Å². The van der Waals surface area contributed by atoms with Gasteiger partial charge in [-0.05, 0) is 17.8 Å². The van der Waals surface area contributed by atoms with Gasteiger partial charge in [0.1, 0.15) is 5.88 Å². The largest absolute Gasteiger partial charge is 0.337 e. The molecule has 0 unspecified atom stereocenters. The molecule has 2 N–H and O–H groups in total. The molecular formula is C11H21ClN2O2. The molecule has 0 aliphatic carbocycles. The standard InChI is InChI=1S/C11H21ClN2O2/c1-7(2)9(8(3)4)6-13-11(16)14-10(15)5-12/h7-9H,5-6H2,1-4H3,(H2,13,14,15,16). The number of rotatable bonds is 5. The number of alkyl halides is 1. The van der Waals surface area contributed by atoms with E-state index < -0.39 is 11.9 Å². The minimum Gasteiger partial charge on any atom is -0.337 e. The molecule has 0 atom stereocenters. The molecule has 0 saturated heterocycles. The van der Waals surface area contributed by atoms with Crippen LogP contribution in [0.1, 0.15) is 27.7 Å². The van der Waals surface area contributed by atoms with Crippen LogP contribution in [0.5, 0.6) is 0 Å². The van der Waals surface area contributed by atoms with Crippen LogP contribution in [0, 0.1) is 17.8 Å². The summed E-state index contributed by atoms with van der Waals surface area (Å²) in [6, 6.07) is -0.475. The molecule has 0 aliphatic rings. The van der Waals surface area contributed by atoms with Crippen molar-refractivity contribution in [2.45, 2.75) is 27.7 Å². The highest BCUT2D eigenvalue weighted by Crippen LogP contribution is 2.19. The van der Waals surface area contributed by atoms with Crippen molar-refractivity contribution in [1.29, 1.82) is 0 Å². The van der Waals surface area contributed by atoms with E-state index in [1.54, 1.807) is 0 Å². The Morgan fingerprint density at radius 2 is 1.62 bits per heavy atom. The Labute approximate surface area is 102 Å². The Morgan fingerprint density at radius 3 is 2.00 bits per heavy atom. The number of carbonyl (C=O) groups excluding carboxylic acids is 2. The first-order valence-corrected chi connectivity index (χ1v) is 6.05. The van der Waals surface area contributed by atoms with E-state index in [0.29, 0.717) is 24.3 Å². The number of halogens is 1. The third kappa shape index (κ3) is 5.95. The number of amides is 3. The fourth-order valence-electron chi connectivity index (χ4n) is 1.66. The first kappa shape index (κ1) is 15.2. The third-order valence-electron chi connectivity index (χ3n) is 2.59. The van der Waals surface area contributed by atoms with Gasteiger partial charge in [0.25, 0.3) is 0 Å². The van der Waals surface area contributed by atoms with Crippen LogP contribution in [0.25, 0.3) is 0 Å². The van der Waals surface area contributed by atoms with Crippen LogP contribution < -0.4 is 10.6 Å². The quantitative estimate of drug-likeness (QED) is 0.731. The van der Waals surface area contributed by atoms with Crippen molar-refractivity contribution in [1.82, 2.24) is 10.6 Å². The summed E-state index contributed by atoms with van der Waals surface area (Å²) in [6.45, 7) is 9.04. The lowest BCUT2D eigenvalue weighted by molar-refractivity contribution is -0.117. The summed E-state index contributed by atoms with van der Waals surface area (Å²) in [5, 5.41) is 4.82. The van der Waals surface area contributed by atoms with Gasteiger partial charge in [-0.1, -0.05) is 27.7 Å². The average molecular weight is 249 g/mol. The summed E-state index contributed by atoms with van der Waals surface area (Å²) < 4.78 is 0. The molecule has 5 heteroatoms. The Morgan fingerprint density at radius 1 is 1.12 bits per heavy atom. The predicted molar refractivity (Wildman–Crippen MR) is 65.4 cm³/mol. The number of carbonyl (C=O) groups is 2. The van der Waals surface area contributed by atoms with Crippen LogP contribution in [-0.4, -0.2) is 24.4 Å². The molecule has 0 fully saturated rings. The third-order valence-corrected chi connectivity index (χ3v) is 2.83. The van der Waals surface area contributed by atoms with Crippen LogP contribution in [0.4, 0.5) is 4.79 Å². The number of hydrogen-bond donors (Lipinski definition) is 2. The molecule has 94 valence electrons. The maximum Gasteiger partial charge on any atom is 0.321 e. The fourth-order valence-corrected chi connectivity index (χ4v) is 1.72. The summed E-state index contributed by atoms with van der Waals surface area (Å²) in [5.41, 5.74) is 0. The van der Waals surface area contributed by atoms with Gasteiger partial charge in [0.15, 0.2) is 0 Å². The topological polar surface area (TPSA) is 58.2 Å². The van der Waals surface area contributed by atoms with Gasteiger partial charge in [-0.25, -0.2) is 4.79 Å². The highest BCUT2D eigenvalue weighted by Gasteiger charge is 2.18. The molecule has 0 heterocycles. The molecule has 0 aliphatic heterocycles. The zero-order chi connectivity index (χ0) is 12.7. The van der Waals surface area contributed by atoms with Crippen LogP contribution in [0.15, 0.2) is 0 Å². The maximum absolute atomic E-state index is 11.3. The lowest BCUT2D eigenvalue weighted by Gasteiger charge is -2.24. The second kappa shape index (κ2) is 7.49. The molecule has 0 rings (SSSR count). The lowest BCUT2D eigenvalue weighted by atomic mass is 9.85. The second-order valence-corrected chi connectivity index (χ2v) is 4.81. The zero-order valence-electron chi connectivity index (χ0n) is 10.3. The van der Waals surface area contributed by atoms with Gasteiger partial charge in [-0.15, -0.1) is 11.6 Å². The fraction of sp³-hybridized carbons (Fsp3) is 0.818. The lowest BCUT2D eigenvalue weighted by Crippen LogP contribution is -2.43. The van der Waals surface area contributed by atoms with Gasteiger partial charge in [0.2, 0.25) is 5.91 Å². The molecule has 0 radical (unpaired) electrons. The van der Waals surface area contributed by atoms with Gasteiger partial charge in [-0.2, -0.15) is 0 Å². The molecule has 0 saturated carbocycles. The molecule has 3 amide bonds. The van der Waals surface area contributed by atoms with Crippen molar-refractivity contribution in [2.24, 2.45) is 17.8 Å². The molecule has 0 bridgehead atoms. The van der Waals surface area contributed by atoms with E-state index in [1.165, 1.54) is 0 Å². The molecule has 0 aromatic rings. The molecule has 4 nitrogen and oxygen atoms in total. The Kier molecular flexibility index (Phi) is 7.13. The number of urea groups is 1. The van der Waals surface area contributed by atoms with Crippen LogP contribution in [-0.2, 0) is 4.79 Å². The monoisotopic (exact) mass is 248 g/mol. The van der Waals surface area contributed by atoms with Crippen molar-refractivity contribution >= 4 is 23.5 Å². The first-order chi connectivity index (χ1) is 7.38. The summed E-state index contributed by atoms with van der Waals surface area (Å²) in [4.78, 5) is 22.1. The minimum atomic E-state index is -0.482. The first-order valence-electron chi connectivity index (χ1n) is 5.52. The average Bonchev–Trinajstić information content (AvgIpc) is 2.16. The molecule has 0 aromatic heterocycles. The van der Waals surface area contributed by atoms with Crippen LogP contribution >= 0.6 is 11.6 Å². The Balaban J connectivity index is 4.02. The van der Waals surface area contributed by atoms with Crippen LogP contribution in [0.3, 0.4) is 0 Å². The normalized spacial score (nSPS) is 11.0. The van der Waals surface area contributed by atoms with Gasteiger partial charge in [-0.3, -0.25) is 10.1 Å². The number of imide groups is 1. The van der Waals surface area contributed by atoms with E-state index in [-0.39, 0.29) is 5.88 Å². The van der Waals surface area contributed by atoms with E-state index in [0.717, 1.165) is 0 Å². The van der Waals surface area contributed by atoms with Crippen molar-refractivity contribution in [3.8, 4) is 0 Å². The smallest absolute Gasteiger partial charge is 0.321 e.